The minimum atomic E-state index is -0.658. The van der Waals surface area contributed by atoms with Gasteiger partial charge in [0.05, 0.1) is 0 Å². The van der Waals surface area contributed by atoms with Gasteiger partial charge in [0.1, 0.15) is 28.6 Å². The lowest BCUT2D eigenvalue weighted by atomic mass is 10.1. The lowest BCUT2D eigenvalue weighted by Crippen LogP contribution is -2.20. The number of benzene rings is 2. The van der Waals surface area contributed by atoms with Crippen molar-refractivity contribution in [3.63, 3.8) is 0 Å². The molecule has 2 aromatic carbocycles. The molecule has 0 unspecified atom stereocenters. The number of amides is 1. The molecule has 162 valence electrons. The van der Waals surface area contributed by atoms with Gasteiger partial charge in [-0.2, -0.15) is 10.2 Å². The van der Waals surface area contributed by atoms with E-state index in [1.54, 1.807) is 54.7 Å². The smallest absolute Gasteiger partial charge is 0.269 e. The average Bonchev–Trinajstić information content (AvgIpc) is 2.80. The van der Waals surface area contributed by atoms with Gasteiger partial charge in [0.25, 0.3) is 11.5 Å². The number of halogens is 1. The summed E-state index contributed by atoms with van der Waals surface area (Å²) < 4.78 is 8.00. The van der Waals surface area contributed by atoms with Crippen LogP contribution in [0.15, 0.2) is 87.8 Å². The third kappa shape index (κ3) is 5.00. The molecule has 0 saturated carbocycles. The monoisotopic (exact) mass is 500 g/mol. The van der Waals surface area contributed by atoms with Crippen molar-refractivity contribution in [2.75, 3.05) is 5.32 Å². The Kier molecular flexibility index (Phi) is 6.33. The highest BCUT2D eigenvalue weighted by Gasteiger charge is 2.17. The Morgan fingerprint density at radius 3 is 2.67 bits per heavy atom. The summed E-state index contributed by atoms with van der Waals surface area (Å²) in [5.41, 5.74) is 1.17. The molecule has 0 aliphatic heterocycles. The summed E-state index contributed by atoms with van der Waals surface area (Å²) in [5, 5.41) is 12.3. The topological polar surface area (TPSA) is 96.5 Å². The highest BCUT2D eigenvalue weighted by Crippen LogP contribution is 2.25. The number of hydrogen-bond donors (Lipinski definition) is 1. The number of pyridine rings is 1. The fourth-order valence-corrected chi connectivity index (χ4v) is 3.46. The van der Waals surface area contributed by atoms with Crippen molar-refractivity contribution in [3.8, 4) is 17.7 Å². The Balaban J connectivity index is 1.79. The van der Waals surface area contributed by atoms with Gasteiger partial charge in [-0.3, -0.25) is 14.0 Å². The second kappa shape index (κ2) is 9.51. The molecule has 0 atom stereocenters. The van der Waals surface area contributed by atoms with Crippen LogP contribution in [-0.2, 0) is 4.79 Å². The van der Waals surface area contributed by atoms with Gasteiger partial charge in [-0.15, -0.1) is 0 Å². The van der Waals surface area contributed by atoms with Gasteiger partial charge in [0.2, 0.25) is 5.88 Å². The van der Waals surface area contributed by atoms with Gasteiger partial charge in [-0.25, -0.2) is 0 Å². The van der Waals surface area contributed by atoms with E-state index in [4.69, 9.17) is 4.74 Å². The molecule has 4 rings (SSSR count). The first-order valence-corrected chi connectivity index (χ1v) is 10.7. The number of anilines is 1. The van der Waals surface area contributed by atoms with Crippen LogP contribution in [0.3, 0.4) is 0 Å². The van der Waals surface area contributed by atoms with Crippen LogP contribution in [0, 0.1) is 18.3 Å². The van der Waals surface area contributed by atoms with E-state index in [2.05, 4.69) is 26.2 Å². The number of nitriles is 1. The van der Waals surface area contributed by atoms with Gasteiger partial charge in [0, 0.05) is 16.4 Å². The molecule has 2 heterocycles. The molecule has 0 fully saturated rings. The Morgan fingerprint density at radius 2 is 1.94 bits per heavy atom. The van der Waals surface area contributed by atoms with Gasteiger partial charge in [-0.05, 0) is 55.5 Å². The number of fused-ring (bicyclic) bond motifs is 1. The van der Waals surface area contributed by atoms with Crippen LogP contribution < -0.4 is 15.6 Å². The van der Waals surface area contributed by atoms with Crippen LogP contribution in [0.25, 0.3) is 11.7 Å². The predicted molar refractivity (Wildman–Crippen MR) is 129 cm³/mol. The van der Waals surface area contributed by atoms with E-state index in [9.17, 15) is 14.9 Å². The number of aromatic nitrogens is 2. The number of carbonyl (C=O) groups excluding carboxylic acids is 1. The van der Waals surface area contributed by atoms with E-state index in [1.807, 2.05) is 31.2 Å². The van der Waals surface area contributed by atoms with Crippen molar-refractivity contribution in [1.29, 1.82) is 5.26 Å². The van der Waals surface area contributed by atoms with Crippen LogP contribution in [0.5, 0.6) is 11.6 Å². The molecule has 33 heavy (non-hydrogen) atoms. The Hall–Kier alpha value is -4.22. The largest absolute Gasteiger partial charge is 0.438 e. The second-order valence-electron chi connectivity index (χ2n) is 7.11. The highest BCUT2D eigenvalue weighted by molar-refractivity contribution is 9.10. The maximum atomic E-state index is 13.2. The van der Waals surface area contributed by atoms with Crippen LogP contribution in [0.1, 0.15) is 11.1 Å². The third-order valence-corrected chi connectivity index (χ3v) is 5.20. The molecule has 0 radical (unpaired) electrons. The molecule has 1 N–H and O–H groups in total. The van der Waals surface area contributed by atoms with Crippen molar-refractivity contribution in [3.05, 3.63) is 104 Å². The number of ether oxygens (including phenoxy) is 1. The van der Waals surface area contributed by atoms with Gasteiger partial charge < -0.3 is 10.1 Å². The fourth-order valence-electron chi connectivity index (χ4n) is 3.06. The molecule has 2 aromatic heterocycles. The minimum Gasteiger partial charge on any atom is -0.438 e. The first kappa shape index (κ1) is 22.0. The number of nitrogens with zero attached hydrogens (tertiary/aromatic N) is 3. The van der Waals surface area contributed by atoms with Crippen LogP contribution >= 0.6 is 15.9 Å². The van der Waals surface area contributed by atoms with E-state index < -0.39 is 11.5 Å². The zero-order valence-corrected chi connectivity index (χ0v) is 19.0. The maximum Gasteiger partial charge on any atom is 0.269 e. The minimum absolute atomic E-state index is 0.00180. The Morgan fingerprint density at radius 1 is 1.15 bits per heavy atom. The van der Waals surface area contributed by atoms with E-state index in [-0.39, 0.29) is 17.0 Å². The van der Waals surface area contributed by atoms with Crippen molar-refractivity contribution < 1.29 is 9.53 Å². The number of nitrogens with one attached hydrogen (secondary N) is 1. The molecule has 0 spiro atoms. The molecular formula is C25H17BrN4O3. The normalized spacial score (nSPS) is 11.1. The number of rotatable bonds is 5. The summed E-state index contributed by atoms with van der Waals surface area (Å²) in [6.07, 6.45) is 2.76. The summed E-state index contributed by atoms with van der Waals surface area (Å²) in [7, 11) is 0. The molecule has 7 nitrogen and oxygen atoms in total. The zero-order chi connectivity index (χ0) is 23.4. The van der Waals surface area contributed by atoms with Crippen molar-refractivity contribution in [2.45, 2.75) is 6.92 Å². The number of hydrogen-bond acceptors (Lipinski definition) is 5. The highest BCUT2D eigenvalue weighted by atomic mass is 79.9. The Bertz CT molecular complexity index is 1480. The summed E-state index contributed by atoms with van der Waals surface area (Å²) in [5.74, 6) is -0.188. The molecular weight excluding hydrogens is 484 g/mol. The van der Waals surface area contributed by atoms with Gasteiger partial charge >= 0.3 is 0 Å². The van der Waals surface area contributed by atoms with Crippen molar-refractivity contribution >= 4 is 39.2 Å². The molecule has 4 aromatic rings. The van der Waals surface area contributed by atoms with Crippen molar-refractivity contribution in [2.24, 2.45) is 0 Å². The van der Waals surface area contributed by atoms with Crippen LogP contribution in [0.2, 0.25) is 0 Å². The maximum absolute atomic E-state index is 13.2. The number of aryl methyl sites for hydroxylation is 1. The van der Waals surface area contributed by atoms with E-state index in [1.165, 1.54) is 10.5 Å². The SMILES string of the molecule is Cc1ccc(Oc2nc3ccccn3c(=O)c2/C=C(/C#N)C(=O)Nc2cccc(Br)c2)cc1. The fraction of sp³-hybridized carbons (Fsp3) is 0.0400. The molecule has 8 heteroatoms. The van der Waals surface area contributed by atoms with Gasteiger partial charge in [0.15, 0.2) is 0 Å². The summed E-state index contributed by atoms with van der Waals surface area (Å²) in [6.45, 7) is 1.95. The van der Waals surface area contributed by atoms with E-state index in [0.717, 1.165) is 10.0 Å². The lowest BCUT2D eigenvalue weighted by molar-refractivity contribution is -0.112. The van der Waals surface area contributed by atoms with Crippen molar-refractivity contribution in [1.82, 2.24) is 9.38 Å². The first-order chi connectivity index (χ1) is 15.9. The molecule has 0 aliphatic rings. The molecule has 1 amide bonds. The second-order valence-corrected chi connectivity index (χ2v) is 8.03. The summed E-state index contributed by atoms with van der Waals surface area (Å²) in [4.78, 5) is 30.4. The standard InChI is InChI=1S/C25H17BrN4O3/c1-16-8-10-20(11-9-16)33-24-21(25(32)30-12-3-2-7-22(30)29-24)13-17(15-27)23(31)28-19-6-4-5-18(26)14-19/h2-14H,1H3,(H,28,31)/b17-13-. The average molecular weight is 501 g/mol. The Labute approximate surface area is 197 Å². The predicted octanol–water partition coefficient (Wildman–Crippen LogP) is 5.10. The third-order valence-electron chi connectivity index (χ3n) is 4.71. The molecule has 0 saturated heterocycles. The van der Waals surface area contributed by atoms with Crippen LogP contribution in [-0.4, -0.2) is 15.3 Å². The molecule has 0 aliphatic carbocycles. The van der Waals surface area contributed by atoms with Crippen LogP contribution in [0.4, 0.5) is 5.69 Å². The zero-order valence-electron chi connectivity index (χ0n) is 17.4. The molecule has 0 bridgehead atoms. The number of carbonyl (C=O) groups is 1. The van der Waals surface area contributed by atoms with E-state index in [0.29, 0.717) is 17.1 Å². The quantitative estimate of drug-likeness (QED) is 0.303. The summed E-state index contributed by atoms with van der Waals surface area (Å²) >= 11 is 3.34. The lowest BCUT2D eigenvalue weighted by Gasteiger charge is -2.10. The van der Waals surface area contributed by atoms with Gasteiger partial charge in [-0.1, -0.05) is 45.8 Å². The first-order valence-electron chi connectivity index (χ1n) is 9.89. The summed E-state index contributed by atoms with van der Waals surface area (Å²) in [6, 6.07) is 21.2. The van der Waals surface area contributed by atoms with E-state index >= 15 is 0 Å².